The van der Waals surface area contributed by atoms with E-state index < -0.39 is 9.84 Å². The summed E-state index contributed by atoms with van der Waals surface area (Å²) in [6, 6.07) is 0. The maximum Gasteiger partial charge on any atom is 0.191 e. The van der Waals surface area contributed by atoms with Gasteiger partial charge in [-0.25, -0.2) is 8.42 Å². The fourth-order valence-electron chi connectivity index (χ4n) is 2.27. The Balaban J connectivity index is 2.39. The summed E-state index contributed by atoms with van der Waals surface area (Å²) in [6.45, 7) is 10.5. The molecule has 0 bridgehead atoms. The lowest BCUT2D eigenvalue weighted by Crippen LogP contribution is -2.56. The maximum absolute atomic E-state index is 11.5. The normalized spacial score (nSPS) is 18.3. The Kier molecular flexibility index (Phi) is 7.58. The molecule has 1 saturated heterocycles. The van der Waals surface area contributed by atoms with Crippen LogP contribution in [-0.4, -0.2) is 82.8 Å². The molecule has 1 heterocycles. The lowest BCUT2D eigenvalue weighted by atomic mass is 10.0. The van der Waals surface area contributed by atoms with Gasteiger partial charge in [-0.3, -0.25) is 9.89 Å². The minimum atomic E-state index is -2.95. The van der Waals surface area contributed by atoms with Crippen molar-refractivity contribution in [1.29, 1.82) is 0 Å². The second kappa shape index (κ2) is 8.69. The molecule has 130 valence electrons. The van der Waals surface area contributed by atoms with E-state index in [2.05, 4.69) is 34.4 Å². The van der Waals surface area contributed by atoms with Crippen molar-refractivity contribution in [3.05, 3.63) is 0 Å². The summed E-state index contributed by atoms with van der Waals surface area (Å²) in [5.74, 6) is 0.926. The van der Waals surface area contributed by atoms with Crippen LogP contribution in [0.15, 0.2) is 4.99 Å². The van der Waals surface area contributed by atoms with Crippen LogP contribution < -0.4 is 10.6 Å². The average molecular weight is 334 g/mol. The highest BCUT2D eigenvalue weighted by Crippen LogP contribution is 2.14. The van der Waals surface area contributed by atoms with Gasteiger partial charge in [0.05, 0.1) is 19.0 Å². The Bertz CT molecular complexity index is 457. The molecule has 1 aliphatic rings. The topological polar surface area (TPSA) is 83.0 Å². The zero-order chi connectivity index (χ0) is 16.6. The molecule has 0 aromatic rings. The van der Waals surface area contributed by atoms with Crippen LogP contribution in [0.2, 0.25) is 0 Å². The van der Waals surface area contributed by atoms with Crippen molar-refractivity contribution in [2.45, 2.75) is 26.3 Å². The monoisotopic (exact) mass is 334 g/mol. The summed E-state index contributed by atoms with van der Waals surface area (Å²) in [4.78, 5) is 6.53. The van der Waals surface area contributed by atoms with Gasteiger partial charge in [-0.2, -0.15) is 0 Å². The van der Waals surface area contributed by atoms with Gasteiger partial charge in [0.2, 0.25) is 0 Å². The number of morpholine rings is 1. The van der Waals surface area contributed by atoms with Crippen molar-refractivity contribution in [1.82, 2.24) is 15.5 Å². The summed E-state index contributed by atoms with van der Waals surface area (Å²) in [7, 11) is -1.27. The van der Waals surface area contributed by atoms with Crippen LogP contribution in [0.25, 0.3) is 0 Å². The lowest BCUT2D eigenvalue weighted by Gasteiger charge is -2.41. The number of rotatable bonds is 7. The number of ether oxygens (including phenoxy) is 1. The maximum atomic E-state index is 11.5. The Morgan fingerprint density at radius 2 is 1.91 bits per heavy atom. The van der Waals surface area contributed by atoms with Crippen molar-refractivity contribution in [2.75, 3.05) is 57.9 Å². The molecular formula is C14H30N4O3S. The Labute approximate surface area is 134 Å². The summed E-state index contributed by atoms with van der Waals surface area (Å²) in [5.41, 5.74) is -0.0170. The number of nitrogens with one attached hydrogen (secondary N) is 2. The first-order valence-corrected chi connectivity index (χ1v) is 9.60. The van der Waals surface area contributed by atoms with E-state index in [-0.39, 0.29) is 17.0 Å². The molecule has 0 spiro atoms. The molecular weight excluding hydrogens is 304 g/mol. The standard InChI is InChI=1S/C14H30N4O3S/c1-5-22(19,20)11-6-16-13(15-4)17-12-14(2,3)18-7-9-21-10-8-18/h5-12H2,1-4H3,(H2,15,16,17). The molecule has 0 aromatic heterocycles. The zero-order valence-electron chi connectivity index (χ0n) is 14.2. The van der Waals surface area contributed by atoms with Crippen LogP contribution in [0.3, 0.4) is 0 Å². The van der Waals surface area contributed by atoms with E-state index in [1.807, 2.05) is 0 Å². The van der Waals surface area contributed by atoms with Crippen LogP contribution in [-0.2, 0) is 14.6 Å². The highest BCUT2D eigenvalue weighted by atomic mass is 32.2. The zero-order valence-corrected chi connectivity index (χ0v) is 15.0. The molecule has 7 nitrogen and oxygen atoms in total. The van der Waals surface area contributed by atoms with Crippen LogP contribution in [0.4, 0.5) is 0 Å². The third kappa shape index (κ3) is 6.50. The van der Waals surface area contributed by atoms with E-state index >= 15 is 0 Å². The molecule has 0 radical (unpaired) electrons. The Hall–Kier alpha value is -0.860. The summed E-state index contributed by atoms with van der Waals surface area (Å²) >= 11 is 0. The quantitative estimate of drug-likeness (QED) is 0.491. The highest BCUT2D eigenvalue weighted by molar-refractivity contribution is 7.91. The van der Waals surface area contributed by atoms with E-state index in [1.165, 1.54) is 0 Å². The van der Waals surface area contributed by atoms with E-state index in [4.69, 9.17) is 4.74 Å². The summed E-state index contributed by atoms with van der Waals surface area (Å²) in [6.07, 6.45) is 0. The predicted molar refractivity (Wildman–Crippen MR) is 90.2 cm³/mol. The molecule has 0 saturated carbocycles. The lowest BCUT2D eigenvalue weighted by molar-refractivity contribution is -0.00833. The Morgan fingerprint density at radius 3 is 2.45 bits per heavy atom. The fourth-order valence-corrected chi connectivity index (χ4v) is 2.97. The van der Waals surface area contributed by atoms with Crippen molar-refractivity contribution < 1.29 is 13.2 Å². The molecule has 0 aliphatic carbocycles. The third-order valence-electron chi connectivity index (χ3n) is 3.92. The van der Waals surface area contributed by atoms with Gasteiger partial charge in [0.25, 0.3) is 0 Å². The fraction of sp³-hybridized carbons (Fsp3) is 0.929. The van der Waals surface area contributed by atoms with Crippen LogP contribution in [0.1, 0.15) is 20.8 Å². The number of guanidine groups is 1. The summed E-state index contributed by atoms with van der Waals surface area (Å²) in [5, 5.41) is 6.32. The van der Waals surface area contributed by atoms with Crippen molar-refractivity contribution in [3.63, 3.8) is 0 Å². The van der Waals surface area contributed by atoms with E-state index in [0.29, 0.717) is 12.5 Å². The van der Waals surface area contributed by atoms with E-state index in [1.54, 1.807) is 14.0 Å². The van der Waals surface area contributed by atoms with Crippen molar-refractivity contribution >= 4 is 15.8 Å². The van der Waals surface area contributed by atoms with Gasteiger partial charge in [-0.05, 0) is 13.8 Å². The molecule has 1 fully saturated rings. The number of sulfone groups is 1. The van der Waals surface area contributed by atoms with E-state index in [9.17, 15) is 8.42 Å². The number of hydrogen-bond acceptors (Lipinski definition) is 5. The molecule has 22 heavy (non-hydrogen) atoms. The first-order chi connectivity index (χ1) is 10.3. The first kappa shape index (κ1) is 19.2. The smallest absolute Gasteiger partial charge is 0.191 e. The average Bonchev–Trinajstić information content (AvgIpc) is 2.51. The van der Waals surface area contributed by atoms with Gasteiger partial charge in [-0.15, -0.1) is 0 Å². The van der Waals surface area contributed by atoms with Gasteiger partial charge in [0.1, 0.15) is 0 Å². The highest BCUT2D eigenvalue weighted by Gasteiger charge is 2.28. The number of nitrogens with zero attached hydrogens (tertiary/aromatic N) is 2. The van der Waals surface area contributed by atoms with Gasteiger partial charge in [-0.1, -0.05) is 6.92 Å². The number of aliphatic imine (C=N–C) groups is 1. The number of hydrogen-bond donors (Lipinski definition) is 2. The molecule has 1 rings (SSSR count). The van der Waals surface area contributed by atoms with Gasteiger partial charge >= 0.3 is 0 Å². The minimum Gasteiger partial charge on any atom is -0.379 e. The molecule has 0 aromatic carbocycles. The first-order valence-electron chi connectivity index (χ1n) is 7.78. The van der Waals surface area contributed by atoms with Crippen molar-refractivity contribution in [3.8, 4) is 0 Å². The third-order valence-corrected chi connectivity index (χ3v) is 5.63. The minimum absolute atomic E-state index is 0.0170. The molecule has 8 heteroatoms. The summed E-state index contributed by atoms with van der Waals surface area (Å²) < 4.78 is 28.3. The molecule has 0 atom stereocenters. The molecule has 1 aliphatic heterocycles. The Morgan fingerprint density at radius 1 is 1.27 bits per heavy atom. The van der Waals surface area contributed by atoms with Crippen molar-refractivity contribution in [2.24, 2.45) is 4.99 Å². The van der Waals surface area contributed by atoms with Gasteiger partial charge < -0.3 is 15.4 Å². The van der Waals surface area contributed by atoms with Crippen LogP contribution in [0.5, 0.6) is 0 Å². The molecule has 0 unspecified atom stereocenters. The second-order valence-corrected chi connectivity index (χ2v) is 8.47. The predicted octanol–water partition coefficient (Wildman–Crippen LogP) is -0.303. The second-order valence-electron chi connectivity index (χ2n) is 6.00. The SMILES string of the molecule is CCS(=O)(=O)CCNC(=NC)NCC(C)(C)N1CCOCC1. The van der Waals surface area contributed by atoms with E-state index in [0.717, 1.165) is 32.8 Å². The largest absolute Gasteiger partial charge is 0.379 e. The van der Waals surface area contributed by atoms with Crippen LogP contribution in [0, 0.1) is 0 Å². The molecule has 0 amide bonds. The van der Waals surface area contributed by atoms with Gasteiger partial charge in [0, 0.05) is 44.5 Å². The van der Waals surface area contributed by atoms with Gasteiger partial charge in [0.15, 0.2) is 15.8 Å². The van der Waals surface area contributed by atoms with Crippen LogP contribution >= 0.6 is 0 Å². The molecule has 2 N–H and O–H groups in total.